The number of ether oxygens (including phenoxy) is 1. The quantitative estimate of drug-likeness (QED) is 0.760. The minimum Gasteiger partial charge on any atom is -0.496 e. The van der Waals surface area contributed by atoms with Crippen molar-refractivity contribution in [3.8, 4) is 5.75 Å². The number of alkyl halides is 3. The van der Waals surface area contributed by atoms with E-state index in [1.54, 1.807) is 12.1 Å². The topological polar surface area (TPSA) is 26.3 Å². The van der Waals surface area contributed by atoms with Gasteiger partial charge in [-0.3, -0.25) is 4.79 Å². The zero-order valence-electron chi connectivity index (χ0n) is 9.60. The van der Waals surface area contributed by atoms with Gasteiger partial charge in [0.15, 0.2) is 5.78 Å². The Morgan fingerprint density at radius 3 is 2.53 bits per heavy atom. The molecule has 0 unspecified atom stereocenters. The fraction of sp³-hybridized carbons (Fsp3) is 0.417. The van der Waals surface area contributed by atoms with Crippen LogP contribution in [0.3, 0.4) is 0 Å². The van der Waals surface area contributed by atoms with Crippen LogP contribution >= 0.6 is 0 Å². The third kappa shape index (κ3) is 4.09. The van der Waals surface area contributed by atoms with E-state index in [-0.39, 0.29) is 5.56 Å². The summed E-state index contributed by atoms with van der Waals surface area (Å²) in [4.78, 5) is 11.6. The molecular weight excluding hydrogens is 233 g/mol. The van der Waals surface area contributed by atoms with Gasteiger partial charge in [0.05, 0.1) is 19.1 Å². The van der Waals surface area contributed by atoms with Crippen LogP contribution in [0.2, 0.25) is 0 Å². The van der Waals surface area contributed by atoms with Crippen LogP contribution in [0.1, 0.15) is 28.8 Å². The molecule has 1 aromatic rings. The van der Waals surface area contributed by atoms with Crippen molar-refractivity contribution < 1.29 is 22.7 Å². The molecule has 2 nitrogen and oxygen atoms in total. The van der Waals surface area contributed by atoms with Crippen molar-refractivity contribution in [3.63, 3.8) is 0 Å². The molecule has 0 amide bonds. The Labute approximate surface area is 97.4 Å². The molecule has 0 fully saturated rings. The van der Waals surface area contributed by atoms with Gasteiger partial charge in [-0.15, -0.1) is 0 Å². The van der Waals surface area contributed by atoms with Crippen LogP contribution in [0.25, 0.3) is 0 Å². The van der Waals surface area contributed by atoms with Crippen LogP contribution in [0.4, 0.5) is 13.2 Å². The van der Waals surface area contributed by atoms with Crippen LogP contribution in [-0.2, 0) is 0 Å². The number of rotatable bonds is 4. The smallest absolute Gasteiger partial charge is 0.389 e. The Hall–Kier alpha value is -1.52. The Balaban J connectivity index is 2.82. The highest BCUT2D eigenvalue weighted by Gasteiger charge is 2.28. The molecule has 0 aliphatic rings. The average Bonchev–Trinajstić information content (AvgIpc) is 2.24. The van der Waals surface area contributed by atoms with Gasteiger partial charge in [0, 0.05) is 6.42 Å². The third-order valence-corrected chi connectivity index (χ3v) is 2.29. The number of methoxy groups -OCH3 is 1. The van der Waals surface area contributed by atoms with E-state index in [4.69, 9.17) is 4.74 Å². The molecule has 1 rings (SSSR count). The summed E-state index contributed by atoms with van der Waals surface area (Å²) in [5.74, 6) is -0.239. The minimum atomic E-state index is -4.31. The van der Waals surface area contributed by atoms with Crippen molar-refractivity contribution in [2.24, 2.45) is 0 Å². The molecule has 0 bridgehead atoms. The Bertz CT molecular complexity index is 411. The van der Waals surface area contributed by atoms with Crippen LogP contribution in [-0.4, -0.2) is 19.1 Å². The van der Waals surface area contributed by atoms with Gasteiger partial charge < -0.3 is 4.74 Å². The molecule has 0 aliphatic carbocycles. The zero-order chi connectivity index (χ0) is 13.1. The highest BCUT2D eigenvalue weighted by atomic mass is 19.4. The lowest BCUT2D eigenvalue weighted by molar-refractivity contribution is -0.133. The van der Waals surface area contributed by atoms with Crippen LogP contribution < -0.4 is 4.74 Å². The van der Waals surface area contributed by atoms with Gasteiger partial charge in [0.1, 0.15) is 5.75 Å². The van der Waals surface area contributed by atoms with Crippen molar-refractivity contribution in [1.29, 1.82) is 0 Å². The second-order valence-corrected chi connectivity index (χ2v) is 3.74. The number of aryl methyl sites for hydroxylation is 1. The first-order valence-electron chi connectivity index (χ1n) is 5.08. The molecule has 1 aromatic carbocycles. The summed E-state index contributed by atoms with van der Waals surface area (Å²) < 4.78 is 41.0. The number of halogens is 3. The maximum absolute atomic E-state index is 12.0. The van der Waals surface area contributed by atoms with Crippen LogP contribution in [0, 0.1) is 6.92 Å². The average molecular weight is 246 g/mol. The van der Waals surface area contributed by atoms with E-state index in [1.807, 2.05) is 6.92 Å². The lowest BCUT2D eigenvalue weighted by Crippen LogP contribution is -2.11. The number of hydrogen-bond acceptors (Lipinski definition) is 2. The number of benzene rings is 1. The van der Waals surface area contributed by atoms with E-state index in [2.05, 4.69) is 0 Å². The first kappa shape index (κ1) is 13.5. The number of Topliss-reactive ketones (excluding diaryl/α,β-unsaturated/α-hetero) is 1. The number of hydrogen-bond donors (Lipinski definition) is 0. The molecular formula is C12H13F3O2. The Morgan fingerprint density at radius 1 is 1.35 bits per heavy atom. The first-order chi connectivity index (χ1) is 7.83. The van der Waals surface area contributed by atoms with Gasteiger partial charge in [-0.25, -0.2) is 0 Å². The molecule has 0 saturated carbocycles. The minimum absolute atomic E-state index is 0.197. The van der Waals surface area contributed by atoms with Crippen molar-refractivity contribution in [1.82, 2.24) is 0 Å². The second kappa shape index (κ2) is 5.21. The van der Waals surface area contributed by atoms with Crippen molar-refractivity contribution >= 4 is 5.78 Å². The fourth-order valence-corrected chi connectivity index (χ4v) is 1.42. The highest BCUT2D eigenvalue weighted by molar-refractivity contribution is 5.98. The summed E-state index contributed by atoms with van der Waals surface area (Å²) in [6.45, 7) is 1.81. The van der Waals surface area contributed by atoms with Crippen LogP contribution in [0.15, 0.2) is 18.2 Å². The number of carbonyl (C=O) groups is 1. The van der Waals surface area contributed by atoms with Gasteiger partial charge in [-0.2, -0.15) is 13.2 Å². The number of carbonyl (C=O) groups excluding carboxylic acids is 1. The summed E-state index contributed by atoms with van der Waals surface area (Å²) in [5.41, 5.74) is 1.08. The molecule has 0 radical (unpaired) electrons. The van der Waals surface area contributed by atoms with Crippen molar-refractivity contribution in [3.05, 3.63) is 29.3 Å². The molecule has 0 heterocycles. The third-order valence-electron chi connectivity index (χ3n) is 2.29. The summed E-state index contributed by atoms with van der Waals surface area (Å²) in [6, 6.07) is 4.79. The van der Waals surface area contributed by atoms with E-state index >= 15 is 0 Å². The van der Waals surface area contributed by atoms with Gasteiger partial charge in [0.2, 0.25) is 0 Å². The zero-order valence-corrected chi connectivity index (χ0v) is 9.60. The molecule has 0 atom stereocenters. The van der Waals surface area contributed by atoms with Gasteiger partial charge >= 0.3 is 6.18 Å². The van der Waals surface area contributed by atoms with Crippen molar-refractivity contribution in [2.45, 2.75) is 25.9 Å². The summed E-state index contributed by atoms with van der Waals surface area (Å²) >= 11 is 0. The maximum atomic E-state index is 12.0. The Kier molecular flexibility index (Phi) is 4.15. The standard InChI is InChI=1S/C12H13F3O2/c1-8-3-4-9(11(7-8)17-2)10(16)5-6-12(13,14)15/h3-4,7H,5-6H2,1-2H3. The molecule has 0 spiro atoms. The van der Waals surface area contributed by atoms with Crippen LogP contribution in [0.5, 0.6) is 5.75 Å². The SMILES string of the molecule is COc1cc(C)ccc1C(=O)CCC(F)(F)F. The summed E-state index contributed by atoms with van der Waals surface area (Å²) in [5, 5.41) is 0. The molecule has 0 aromatic heterocycles. The van der Waals surface area contributed by atoms with Gasteiger partial charge in [-0.1, -0.05) is 6.07 Å². The normalized spacial score (nSPS) is 11.4. The van der Waals surface area contributed by atoms with Gasteiger partial charge in [0.25, 0.3) is 0 Å². The highest BCUT2D eigenvalue weighted by Crippen LogP contribution is 2.26. The molecule has 17 heavy (non-hydrogen) atoms. The van der Waals surface area contributed by atoms with Gasteiger partial charge in [-0.05, 0) is 24.6 Å². The summed E-state index contributed by atoms with van der Waals surface area (Å²) in [6.07, 6.45) is -5.97. The van der Waals surface area contributed by atoms with E-state index in [0.717, 1.165) is 5.56 Å². The predicted octanol–water partition coefficient (Wildman–Crippen LogP) is 3.53. The second-order valence-electron chi connectivity index (χ2n) is 3.74. The van der Waals surface area contributed by atoms with E-state index in [9.17, 15) is 18.0 Å². The molecule has 94 valence electrons. The lowest BCUT2D eigenvalue weighted by atomic mass is 10.0. The lowest BCUT2D eigenvalue weighted by Gasteiger charge is -2.09. The largest absolute Gasteiger partial charge is 0.496 e. The monoisotopic (exact) mass is 246 g/mol. The van der Waals surface area contributed by atoms with Crippen molar-refractivity contribution in [2.75, 3.05) is 7.11 Å². The molecule has 0 aliphatic heterocycles. The van der Waals surface area contributed by atoms with E-state index < -0.39 is 24.8 Å². The molecule has 5 heteroatoms. The first-order valence-corrected chi connectivity index (χ1v) is 5.08. The summed E-state index contributed by atoms with van der Waals surface area (Å²) in [7, 11) is 1.38. The Morgan fingerprint density at radius 2 is 2.00 bits per heavy atom. The molecule has 0 saturated heterocycles. The van der Waals surface area contributed by atoms with E-state index in [1.165, 1.54) is 13.2 Å². The molecule has 0 N–H and O–H groups in total. The van der Waals surface area contributed by atoms with E-state index in [0.29, 0.717) is 5.75 Å². The fourth-order valence-electron chi connectivity index (χ4n) is 1.42. The maximum Gasteiger partial charge on any atom is 0.389 e. The number of ketones is 1. The predicted molar refractivity (Wildman–Crippen MR) is 57.4 cm³/mol.